The number of benzene rings is 2. The number of fused-ring (bicyclic) bond motifs is 1. The standard InChI is InChI=1S/C21H20O12/c22-6-13-19(16(28)17(29)21(30)32-13)33-20-15(27)14-11(26)4-8(23)5-12(14)31-18(20)7-1-2-9(24)10(25)3-7/h1-5,13,16-17,19,21-26,28-30H,6H2. The van der Waals surface area contributed by atoms with E-state index in [0.29, 0.717) is 0 Å². The van der Waals surface area contributed by atoms with Crippen LogP contribution in [0.2, 0.25) is 0 Å². The van der Waals surface area contributed by atoms with Crippen LogP contribution >= 0.6 is 0 Å². The van der Waals surface area contributed by atoms with Gasteiger partial charge in [-0.3, -0.25) is 4.79 Å². The molecular weight excluding hydrogens is 444 g/mol. The third-order valence-corrected chi connectivity index (χ3v) is 5.25. The number of aromatic hydroxyl groups is 4. The highest BCUT2D eigenvalue weighted by Crippen LogP contribution is 2.39. The van der Waals surface area contributed by atoms with E-state index in [0.717, 1.165) is 24.3 Å². The van der Waals surface area contributed by atoms with Gasteiger partial charge in [0.05, 0.1) is 6.61 Å². The minimum atomic E-state index is -1.84. The molecule has 0 radical (unpaired) electrons. The average molecular weight is 464 g/mol. The lowest BCUT2D eigenvalue weighted by atomic mass is 9.98. The molecule has 8 N–H and O–H groups in total. The molecule has 1 fully saturated rings. The number of phenolic OH excluding ortho intramolecular Hbond substituents is 4. The van der Waals surface area contributed by atoms with Gasteiger partial charge < -0.3 is 54.7 Å². The molecule has 1 aromatic heterocycles. The fourth-order valence-electron chi connectivity index (χ4n) is 3.58. The highest BCUT2D eigenvalue weighted by Gasteiger charge is 2.46. The third kappa shape index (κ3) is 3.90. The summed E-state index contributed by atoms with van der Waals surface area (Å²) in [4.78, 5) is 13.3. The smallest absolute Gasteiger partial charge is 0.239 e. The molecule has 0 bridgehead atoms. The van der Waals surface area contributed by atoms with E-state index in [1.54, 1.807) is 0 Å². The van der Waals surface area contributed by atoms with E-state index in [1.807, 2.05) is 0 Å². The van der Waals surface area contributed by atoms with Gasteiger partial charge in [0.15, 0.2) is 29.7 Å². The zero-order chi connectivity index (χ0) is 24.0. The number of aliphatic hydroxyl groups is 4. The summed E-state index contributed by atoms with van der Waals surface area (Å²) in [6.07, 6.45) is -8.42. The minimum absolute atomic E-state index is 0.0227. The highest BCUT2D eigenvalue weighted by molar-refractivity contribution is 5.88. The number of hydrogen-bond acceptors (Lipinski definition) is 12. The maximum Gasteiger partial charge on any atom is 0.239 e. The molecule has 12 nitrogen and oxygen atoms in total. The molecule has 5 unspecified atom stereocenters. The van der Waals surface area contributed by atoms with Crippen molar-refractivity contribution in [1.29, 1.82) is 0 Å². The fourth-order valence-corrected chi connectivity index (χ4v) is 3.58. The summed E-state index contributed by atoms with van der Waals surface area (Å²) in [5, 5.41) is 78.7. The predicted molar refractivity (Wildman–Crippen MR) is 109 cm³/mol. The van der Waals surface area contributed by atoms with Crippen molar-refractivity contribution < 1.29 is 54.7 Å². The quantitative estimate of drug-likeness (QED) is 0.229. The van der Waals surface area contributed by atoms with E-state index >= 15 is 0 Å². The molecule has 2 aromatic carbocycles. The molecule has 1 aliphatic rings. The van der Waals surface area contributed by atoms with Crippen LogP contribution in [-0.2, 0) is 4.74 Å². The molecule has 5 atom stereocenters. The summed E-state index contributed by atoms with van der Waals surface area (Å²) in [5.74, 6) is -3.02. The van der Waals surface area contributed by atoms with Crippen molar-refractivity contribution in [3.63, 3.8) is 0 Å². The van der Waals surface area contributed by atoms with Crippen LogP contribution in [0.3, 0.4) is 0 Å². The molecule has 0 aliphatic carbocycles. The molecule has 4 rings (SSSR count). The van der Waals surface area contributed by atoms with Crippen molar-refractivity contribution >= 4 is 11.0 Å². The Morgan fingerprint density at radius 3 is 2.30 bits per heavy atom. The van der Waals surface area contributed by atoms with Crippen LogP contribution in [0.1, 0.15) is 0 Å². The molecule has 3 aromatic rings. The second kappa shape index (κ2) is 8.42. The molecule has 1 aliphatic heterocycles. The summed E-state index contributed by atoms with van der Waals surface area (Å²) in [5.41, 5.74) is -1.18. The lowest BCUT2D eigenvalue weighted by Crippen LogP contribution is -2.60. The summed E-state index contributed by atoms with van der Waals surface area (Å²) >= 11 is 0. The van der Waals surface area contributed by atoms with Gasteiger partial charge in [-0.15, -0.1) is 0 Å². The van der Waals surface area contributed by atoms with Gasteiger partial charge in [0.1, 0.15) is 40.8 Å². The molecule has 0 amide bonds. The van der Waals surface area contributed by atoms with E-state index in [2.05, 4.69) is 0 Å². The minimum Gasteiger partial charge on any atom is -0.508 e. The largest absolute Gasteiger partial charge is 0.508 e. The Morgan fingerprint density at radius 1 is 0.909 bits per heavy atom. The van der Waals surface area contributed by atoms with Crippen LogP contribution in [0.5, 0.6) is 28.7 Å². The van der Waals surface area contributed by atoms with Crippen molar-refractivity contribution in [1.82, 2.24) is 0 Å². The number of rotatable bonds is 4. The van der Waals surface area contributed by atoms with E-state index < -0.39 is 71.5 Å². The van der Waals surface area contributed by atoms with Gasteiger partial charge in [0.2, 0.25) is 11.2 Å². The summed E-state index contributed by atoms with van der Waals surface area (Å²) < 4.78 is 16.3. The van der Waals surface area contributed by atoms with Crippen molar-refractivity contribution in [2.45, 2.75) is 30.7 Å². The van der Waals surface area contributed by atoms with E-state index in [-0.39, 0.29) is 22.3 Å². The van der Waals surface area contributed by atoms with Crippen LogP contribution in [0, 0.1) is 0 Å². The van der Waals surface area contributed by atoms with E-state index in [1.165, 1.54) is 6.07 Å². The van der Waals surface area contributed by atoms with Crippen LogP contribution in [0.25, 0.3) is 22.3 Å². The Morgan fingerprint density at radius 2 is 1.64 bits per heavy atom. The molecule has 2 heterocycles. The Labute approximate surface area is 184 Å². The topological polar surface area (TPSA) is 211 Å². The highest BCUT2D eigenvalue weighted by atomic mass is 16.7. The lowest BCUT2D eigenvalue weighted by Gasteiger charge is -2.39. The number of hydrogen-bond donors (Lipinski definition) is 8. The number of ether oxygens (including phenoxy) is 2. The fraction of sp³-hybridized carbons (Fsp3) is 0.286. The Kier molecular flexibility index (Phi) is 5.78. The maximum atomic E-state index is 13.3. The predicted octanol–water partition coefficient (Wildman–Crippen LogP) is -0.539. The first-order valence-electron chi connectivity index (χ1n) is 9.64. The Balaban J connectivity index is 1.94. The van der Waals surface area contributed by atoms with Crippen molar-refractivity contribution in [3.05, 3.63) is 40.6 Å². The molecule has 12 heteroatoms. The van der Waals surface area contributed by atoms with Gasteiger partial charge in [-0.05, 0) is 18.2 Å². The summed E-state index contributed by atoms with van der Waals surface area (Å²) in [6, 6.07) is 5.37. The zero-order valence-corrected chi connectivity index (χ0v) is 16.7. The molecule has 176 valence electrons. The van der Waals surface area contributed by atoms with Crippen molar-refractivity contribution in [2.24, 2.45) is 0 Å². The van der Waals surface area contributed by atoms with Gasteiger partial charge in [-0.2, -0.15) is 0 Å². The van der Waals surface area contributed by atoms with Crippen molar-refractivity contribution in [3.8, 4) is 40.1 Å². The van der Waals surface area contributed by atoms with Crippen LogP contribution in [-0.4, -0.2) is 78.2 Å². The second-order valence-corrected chi connectivity index (χ2v) is 7.44. The van der Waals surface area contributed by atoms with Crippen molar-refractivity contribution in [2.75, 3.05) is 6.61 Å². The molecule has 33 heavy (non-hydrogen) atoms. The summed E-state index contributed by atoms with van der Waals surface area (Å²) in [6.45, 7) is -0.765. The SMILES string of the molecule is O=c1c(OC2C(CO)OC(O)C(O)C2O)c(-c2ccc(O)c(O)c2)oc2cc(O)cc(O)c12. The Bertz CT molecular complexity index is 1250. The van der Waals surface area contributed by atoms with Crippen LogP contribution < -0.4 is 10.2 Å². The zero-order valence-electron chi connectivity index (χ0n) is 16.7. The van der Waals surface area contributed by atoms with Gasteiger partial charge in [0, 0.05) is 17.7 Å². The van der Waals surface area contributed by atoms with Gasteiger partial charge in [-0.25, -0.2) is 0 Å². The lowest BCUT2D eigenvalue weighted by molar-refractivity contribution is -0.282. The second-order valence-electron chi connectivity index (χ2n) is 7.44. The molecular formula is C21H20O12. The monoisotopic (exact) mass is 464 g/mol. The first kappa shape index (κ1) is 22.6. The van der Waals surface area contributed by atoms with E-state index in [4.69, 9.17) is 13.9 Å². The average Bonchev–Trinajstić information content (AvgIpc) is 2.76. The normalized spacial score (nSPS) is 25.3. The molecule has 0 spiro atoms. The van der Waals surface area contributed by atoms with Crippen LogP contribution in [0.15, 0.2) is 39.5 Å². The maximum absolute atomic E-state index is 13.3. The summed E-state index contributed by atoms with van der Waals surface area (Å²) in [7, 11) is 0. The van der Waals surface area contributed by atoms with E-state index in [9.17, 15) is 45.6 Å². The molecule has 0 saturated carbocycles. The molecule has 1 saturated heterocycles. The first-order chi connectivity index (χ1) is 15.6. The van der Waals surface area contributed by atoms with Gasteiger partial charge in [0.25, 0.3) is 0 Å². The third-order valence-electron chi connectivity index (χ3n) is 5.25. The van der Waals surface area contributed by atoms with Crippen LogP contribution in [0.4, 0.5) is 0 Å². The van der Waals surface area contributed by atoms with Gasteiger partial charge in [-0.1, -0.05) is 0 Å². The first-order valence-corrected chi connectivity index (χ1v) is 9.64. The number of phenols is 4. The number of aliphatic hydroxyl groups excluding tert-OH is 4. The van der Waals surface area contributed by atoms with Gasteiger partial charge >= 0.3 is 0 Å². The Hall–Kier alpha value is -3.55.